The molecule has 0 aromatic carbocycles. The van der Waals surface area contributed by atoms with Gasteiger partial charge in [-0.2, -0.15) is 0 Å². The highest BCUT2D eigenvalue weighted by molar-refractivity contribution is 5.74. The van der Waals surface area contributed by atoms with Gasteiger partial charge < -0.3 is 5.32 Å². The molecule has 0 unspecified atom stereocenters. The lowest BCUT2D eigenvalue weighted by Crippen LogP contribution is -2.54. The van der Waals surface area contributed by atoms with Gasteiger partial charge in [-0.1, -0.05) is 6.08 Å². The number of aldehydes is 1. The summed E-state index contributed by atoms with van der Waals surface area (Å²) in [6.45, 7) is 8.39. The molecule has 0 aromatic heterocycles. The highest BCUT2D eigenvalue weighted by Crippen LogP contribution is 2.26. The van der Waals surface area contributed by atoms with Crippen LogP contribution in [0.4, 0.5) is 0 Å². The molecule has 0 saturated heterocycles. The number of hydrogen-bond donors (Lipinski definition) is 1. The third-order valence-corrected chi connectivity index (χ3v) is 2.00. The van der Waals surface area contributed by atoms with Crippen LogP contribution < -0.4 is 5.32 Å². The molecule has 12 heavy (non-hydrogen) atoms. The Morgan fingerprint density at radius 3 is 2.42 bits per heavy atom. The van der Waals surface area contributed by atoms with E-state index in [1.54, 1.807) is 0 Å². The smallest absolute Gasteiger partial charge is 0.145 e. The van der Waals surface area contributed by atoms with E-state index in [0.717, 1.165) is 18.3 Å². The molecule has 0 aromatic rings. The van der Waals surface area contributed by atoms with Gasteiger partial charge in [-0.15, -0.1) is 0 Å². The highest BCUT2D eigenvalue weighted by Gasteiger charge is 2.31. The summed E-state index contributed by atoms with van der Waals surface area (Å²) in [6, 6.07) is 0. The molecular formula is C10H17NO. The Morgan fingerprint density at radius 1 is 1.42 bits per heavy atom. The second kappa shape index (κ2) is 2.70. The summed E-state index contributed by atoms with van der Waals surface area (Å²) in [5, 5.41) is 3.46. The Morgan fingerprint density at radius 2 is 2.00 bits per heavy atom. The summed E-state index contributed by atoms with van der Waals surface area (Å²) >= 11 is 0. The van der Waals surface area contributed by atoms with E-state index in [-0.39, 0.29) is 11.1 Å². The number of carbonyl (C=O) groups is 1. The first-order valence-electron chi connectivity index (χ1n) is 4.31. The number of carbonyl (C=O) groups excluding carboxylic acids is 1. The molecule has 1 aliphatic heterocycles. The molecule has 1 aliphatic rings. The molecule has 0 amide bonds. The van der Waals surface area contributed by atoms with Crippen LogP contribution in [0, 0.1) is 0 Å². The molecule has 1 heterocycles. The first-order chi connectivity index (χ1) is 5.35. The fourth-order valence-corrected chi connectivity index (χ4v) is 2.05. The number of rotatable bonds is 1. The molecule has 1 N–H and O–H groups in total. The fourth-order valence-electron chi connectivity index (χ4n) is 2.05. The SMILES string of the molecule is CC1(C)C=C(C=O)CC(C)(C)N1. The molecule has 2 heteroatoms. The maximum atomic E-state index is 10.6. The van der Waals surface area contributed by atoms with E-state index in [1.165, 1.54) is 0 Å². The van der Waals surface area contributed by atoms with Crippen molar-refractivity contribution in [1.29, 1.82) is 0 Å². The van der Waals surface area contributed by atoms with Crippen LogP contribution in [0.25, 0.3) is 0 Å². The largest absolute Gasteiger partial charge is 0.303 e. The van der Waals surface area contributed by atoms with Crippen LogP contribution in [-0.4, -0.2) is 17.4 Å². The van der Waals surface area contributed by atoms with Gasteiger partial charge in [0, 0.05) is 11.1 Å². The lowest BCUT2D eigenvalue weighted by atomic mass is 9.84. The van der Waals surface area contributed by atoms with E-state index < -0.39 is 0 Å². The van der Waals surface area contributed by atoms with Crippen molar-refractivity contribution in [3.05, 3.63) is 11.6 Å². The summed E-state index contributed by atoms with van der Waals surface area (Å²) in [5.74, 6) is 0. The zero-order valence-corrected chi connectivity index (χ0v) is 8.27. The summed E-state index contributed by atoms with van der Waals surface area (Å²) in [7, 11) is 0. The molecule has 0 radical (unpaired) electrons. The second-order valence-electron chi connectivity index (χ2n) is 4.74. The molecule has 0 aliphatic carbocycles. The predicted octanol–water partition coefficient (Wildman–Crippen LogP) is 1.66. The minimum Gasteiger partial charge on any atom is -0.303 e. The minimum absolute atomic E-state index is 0.0362. The number of hydrogen-bond acceptors (Lipinski definition) is 2. The van der Waals surface area contributed by atoms with Gasteiger partial charge in [0.25, 0.3) is 0 Å². The highest BCUT2D eigenvalue weighted by atomic mass is 16.1. The molecule has 0 fully saturated rings. The standard InChI is InChI=1S/C10H17NO/c1-9(2)5-8(7-12)6-10(3,4)11-9/h5,7,11H,6H2,1-4H3. The minimum atomic E-state index is -0.0575. The summed E-state index contributed by atoms with van der Waals surface area (Å²) in [6.07, 6.45) is 3.79. The van der Waals surface area contributed by atoms with E-state index >= 15 is 0 Å². The molecular weight excluding hydrogens is 150 g/mol. The Labute approximate surface area is 74.0 Å². The maximum Gasteiger partial charge on any atom is 0.145 e. The van der Waals surface area contributed by atoms with Gasteiger partial charge in [0.05, 0.1) is 0 Å². The van der Waals surface area contributed by atoms with Gasteiger partial charge in [0.15, 0.2) is 0 Å². The van der Waals surface area contributed by atoms with Crippen molar-refractivity contribution < 1.29 is 4.79 Å². The van der Waals surface area contributed by atoms with E-state index in [9.17, 15) is 4.79 Å². The van der Waals surface area contributed by atoms with Crippen LogP contribution >= 0.6 is 0 Å². The van der Waals surface area contributed by atoms with Crippen molar-refractivity contribution in [2.45, 2.75) is 45.2 Å². The zero-order chi connectivity index (χ0) is 9.41. The average molecular weight is 167 g/mol. The average Bonchev–Trinajstić information content (AvgIpc) is 1.80. The Hall–Kier alpha value is -0.630. The normalized spacial score (nSPS) is 26.2. The molecule has 2 nitrogen and oxygen atoms in total. The van der Waals surface area contributed by atoms with E-state index in [1.807, 2.05) is 6.08 Å². The van der Waals surface area contributed by atoms with E-state index in [0.29, 0.717) is 0 Å². The molecule has 0 atom stereocenters. The summed E-state index contributed by atoms with van der Waals surface area (Å²) in [5.41, 5.74) is 0.885. The molecule has 0 saturated carbocycles. The monoisotopic (exact) mass is 167 g/mol. The van der Waals surface area contributed by atoms with Gasteiger partial charge in [0.1, 0.15) is 6.29 Å². The lowest BCUT2D eigenvalue weighted by Gasteiger charge is -2.40. The van der Waals surface area contributed by atoms with Crippen molar-refractivity contribution in [1.82, 2.24) is 5.32 Å². The van der Waals surface area contributed by atoms with E-state index in [4.69, 9.17) is 0 Å². The Kier molecular flexibility index (Phi) is 2.13. The van der Waals surface area contributed by atoms with Gasteiger partial charge >= 0.3 is 0 Å². The maximum absolute atomic E-state index is 10.6. The third-order valence-electron chi connectivity index (χ3n) is 2.00. The fraction of sp³-hybridized carbons (Fsp3) is 0.700. The first kappa shape index (κ1) is 9.46. The van der Waals surface area contributed by atoms with E-state index in [2.05, 4.69) is 33.0 Å². The summed E-state index contributed by atoms with van der Waals surface area (Å²) in [4.78, 5) is 10.6. The van der Waals surface area contributed by atoms with Crippen LogP contribution in [0.3, 0.4) is 0 Å². The van der Waals surface area contributed by atoms with Crippen LogP contribution in [0.5, 0.6) is 0 Å². The van der Waals surface area contributed by atoms with Gasteiger partial charge in [-0.25, -0.2) is 0 Å². The van der Waals surface area contributed by atoms with Crippen molar-refractivity contribution in [3.8, 4) is 0 Å². The van der Waals surface area contributed by atoms with Gasteiger partial charge in [-0.05, 0) is 39.7 Å². The van der Waals surface area contributed by atoms with Crippen LogP contribution in [-0.2, 0) is 4.79 Å². The van der Waals surface area contributed by atoms with Gasteiger partial charge in [-0.3, -0.25) is 4.79 Å². The summed E-state index contributed by atoms with van der Waals surface area (Å²) < 4.78 is 0. The van der Waals surface area contributed by atoms with Crippen molar-refractivity contribution in [2.24, 2.45) is 0 Å². The van der Waals surface area contributed by atoms with Crippen LogP contribution in [0.1, 0.15) is 34.1 Å². The van der Waals surface area contributed by atoms with Crippen LogP contribution in [0.15, 0.2) is 11.6 Å². The Balaban J connectivity index is 2.93. The molecule has 68 valence electrons. The Bertz CT molecular complexity index is 226. The third kappa shape index (κ3) is 2.18. The van der Waals surface area contributed by atoms with Gasteiger partial charge in [0.2, 0.25) is 0 Å². The first-order valence-corrected chi connectivity index (χ1v) is 4.31. The molecule has 0 spiro atoms. The zero-order valence-electron chi connectivity index (χ0n) is 8.27. The van der Waals surface area contributed by atoms with Crippen molar-refractivity contribution in [2.75, 3.05) is 0 Å². The lowest BCUT2D eigenvalue weighted by molar-refractivity contribution is -0.105. The van der Waals surface area contributed by atoms with Crippen LogP contribution in [0.2, 0.25) is 0 Å². The molecule has 0 bridgehead atoms. The molecule has 1 rings (SSSR count). The van der Waals surface area contributed by atoms with Crippen molar-refractivity contribution >= 4 is 6.29 Å². The quantitative estimate of drug-likeness (QED) is 0.602. The second-order valence-corrected chi connectivity index (χ2v) is 4.74. The van der Waals surface area contributed by atoms with Crippen molar-refractivity contribution in [3.63, 3.8) is 0 Å². The topological polar surface area (TPSA) is 29.1 Å². The number of nitrogens with one attached hydrogen (secondary N) is 1. The predicted molar refractivity (Wildman–Crippen MR) is 50.1 cm³/mol.